The number of β-amino-alcohol motifs (C(OH)–C–C–N with tert-alkyl or cyclic N) is 1. The minimum Gasteiger partial charge on any atom is -0.482 e. The molecular weight excluding hydrogens is 472 g/mol. The summed E-state index contributed by atoms with van der Waals surface area (Å²) in [6, 6.07) is 14.8. The molecule has 1 saturated heterocycles. The summed E-state index contributed by atoms with van der Waals surface area (Å²) in [5.41, 5.74) is 1.90. The first-order chi connectivity index (χ1) is 17.6. The highest BCUT2D eigenvalue weighted by Gasteiger charge is 2.29. The van der Waals surface area contributed by atoms with Crippen LogP contribution in [0, 0.1) is 0 Å². The number of rotatable bonds is 9. The summed E-state index contributed by atoms with van der Waals surface area (Å²) in [4.78, 5) is 29.5. The number of likely N-dealkylation sites (N-methyl/N-ethyl adjacent to an activating group) is 1. The summed E-state index contributed by atoms with van der Waals surface area (Å²) in [5, 5.41) is 11.0. The van der Waals surface area contributed by atoms with Crippen LogP contribution in [0.5, 0.6) is 5.75 Å². The molecule has 3 aromatic rings. The zero-order valence-corrected chi connectivity index (χ0v) is 22.0. The van der Waals surface area contributed by atoms with Gasteiger partial charge < -0.3 is 23.9 Å². The van der Waals surface area contributed by atoms with Crippen LogP contribution >= 0.6 is 0 Å². The van der Waals surface area contributed by atoms with Gasteiger partial charge in [0.25, 0.3) is 0 Å². The van der Waals surface area contributed by atoms with Crippen molar-refractivity contribution in [3.63, 3.8) is 0 Å². The van der Waals surface area contributed by atoms with Gasteiger partial charge in [-0.05, 0) is 51.0 Å². The molecular formula is C29H36N2O6. The van der Waals surface area contributed by atoms with E-state index in [0.717, 1.165) is 28.6 Å². The number of amides is 1. The third-order valence-electron chi connectivity index (χ3n) is 6.46. The molecule has 198 valence electrons. The van der Waals surface area contributed by atoms with Crippen LogP contribution < -0.4 is 4.74 Å². The van der Waals surface area contributed by atoms with Gasteiger partial charge in [-0.2, -0.15) is 0 Å². The average molecular weight is 509 g/mol. The van der Waals surface area contributed by atoms with Crippen LogP contribution in [0.3, 0.4) is 0 Å². The number of likely N-dealkylation sites (tertiary alicyclic amines) is 1. The molecule has 0 saturated carbocycles. The van der Waals surface area contributed by atoms with Crippen molar-refractivity contribution in [2.24, 2.45) is 0 Å². The van der Waals surface area contributed by atoms with Crippen LogP contribution in [-0.4, -0.2) is 71.8 Å². The summed E-state index contributed by atoms with van der Waals surface area (Å²) < 4.78 is 16.7. The Kier molecular flexibility index (Phi) is 8.19. The largest absolute Gasteiger partial charge is 0.482 e. The Morgan fingerprint density at radius 1 is 1.19 bits per heavy atom. The SMILES string of the molecule is CN(C(=O)Cc1coc2ccccc12)C(CN1CCC(O)C1)c1cccc(OCC(=O)OC(C)(C)C)c1. The minimum absolute atomic E-state index is 0.0450. The second-order valence-corrected chi connectivity index (χ2v) is 10.6. The lowest BCUT2D eigenvalue weighted by atomic mass is 10.0. The van der Waals surface area contributed by atoms with Crippen molar-refractivity contribution < 1.29 is 28.6 Å². The monoisotopic (exact) mass is 508 g/mol. The Hall–Kier alpha value is -3.36. The van der Waals surface area contributed by atoms with Gasteiger partial charge in [0.1, 0.15) is 16.9 Å². The van der Waals surface area contributed by atoms with Crippen LogP contribution in [-0.2, 0) is 20.7 Å². The van der Waals surface area contributed by atoms with Crippen LogP contribution in [0.2, 0.25) is 0 Å². The van der Waals surface area contributed by atoms with Crippen LogP contribution in [0.25, 0.3) is 11.0 Å². The van der Waals surface area contributed by atoms with Crippen molar-refractivity contribution in [2.75, 3.05) is 33.3 Å². The molecule has 2 aromatic carbocycles. The van der Waals surface area contributed by atoms with E-state index in [1.54, 1.807) is 24.3 Å². The molecule has 1 aromatic heterocycles. The van der Waals surface area contributed by atoms with Gasteiger partial charge in [-0.3, -0.25) is 9.69 Å². The number of furan rings is 1. The number of carbonyl (C=O) groups excluding carboxylic acids is 2. The molecule has 0 spiro atoms. The highest BCUT2D eigenvalue weighted by atomic mass is 16.6. The lowest BCUT2D eigenvalue weighted by Crippen LogP contribution is -2.39. The van der Waals surface area contributed by atoms with Gasteiger partial charge >= 0.3 is 5.97 Å². The van der Waals surface area contributed by atoms with E-state index in [4.69, 9.17) is 13.9 Å². The molecule has 2 unspecified atom stereocenters. The number of esters is 1. The van der Waals surface area contributed by atoms with E-state index < -0.39 is 11.6 Å². The first-order valence-electron chi connectivity index (χ1n) is 12.6. The maximum atomic E-state index is 13.5. The molecule has 2 atom stereocenters. The molecule has 0 bridgehead atoms. The summed E-state index contributed by atoms with van der Waals surface area (Å²) in [7, 11) is 1.80. The fraction of sp³-hybridized carbons (Fsp3) is 0.448. The van der Waals surface area contributed by atoms with Crippen molar-refractivity contribution in [1.82, 2.24) is 9.80 Å². The van der Waals surface area contributed by atoms with E-state index in [0.29, 0.717) is 25.3 Å². The number of benzene rings is 2. The van der Waals surface area contributed by atoms with E-state index in [9.17, 15) is 14.7 Å². The highest BCUT2D eigenvalue weighted by molar-refractivity contribution is 5.87. The summed E-state index contributed by atoms with van der Waals surface area (Å²) in [6.07, 6.45) is 2.21. The number of nitrogens with zero attached hydrogens (tertiary/aromatic N) is 2. The quantitative estimate of drug-likeness (QED) is 0.438. The maximum Gasteiger partial charge on any atom is 0.344 e. The number of para-hydroxylation sites is 1. The normalized spacial score (nSPS) is 17.1. The van der Waals surface area contributed by atoms with E-state index >= 15 is 0 Å². The molecule has 1 aliphatic rings. The number of hydrogen-bond donors (Lipinski definition) is 1. The van der Waals surface area contributed by atoms with Gasteiger partial charge in [0.15, 0.2) is 6.61 Å². The van der Waals surface area contributed by atoms with Crippen LogP contribution in [0.4, 0.5) is 0 Å². The van der Waals surface area contributed by atoms with Crippen LogP contribution in [0.1, 0.15) is 44.4 Å². The Balaban J connectivity index is 1.51. The van der Waals surface area contributed by atoms with E-state index in [-0.39, 0.29) is 31.1 Å². The zero-order valence-electron chi connectivity index (χ0n) is 22.0. The molecule has 1 N–H and O–H groups in total. The zero-order chi connectivity index (χ0) is 26.6. The molecule has 37 heavy (non-hydrogen) atoms. The fourth-order valence-corrected chi connectivity index (χ4v) is 4.63. The van der Waals surface area contributed by atoms with Gasteiger partial charge in [-0.15, -0.1) is 0 Å². The number of carbonyl (C=O) groups is 2. The Morgan fingerprint density at radius 2 is 1.97 bits per heavy atom. The molecule has 8 heteroatoms. The number of aliphatic hydroxyl groups excluding tert-OH is 1. The molecule has 8 nitrogen and oxygen atoms in total. The van der Waals surface area contributed by atoms with E-state index in [1.807, 2.05) is 63.2 Å². The van der Waals surface area contributed by atoms with Crippen molar-refractivity contribution >= 4 is 22.8 Å². The summed E-state index contributed by atoms with van der Waals surface area (Å²) in [6.45, 7) is 7.13. The van der Waals surface area contributed by atoms with Gasteiger partial charge in [0.05, 0.1) is 24.8 Å². The van der Waals surface area contributed by atoms with Crippen LogP contribution in [0.15, 0.2) is 59.2 Å². The predicted molar refractivity (Wildman–Crippen MR) is 140 cm³/mol. The topological polar surface area (TPSA) is 92.5 Å². The van der Waals surface area contributed by atoms with E-state index in [1.165, 1.54) is 0 Å². The molecule has 1 amide bonds. The molecule has 2 heterocycles. The van der Waals surface area contributed by atoms with Gasteiger partial charge in [0.2, 0.25) is 5.91 Å². The fourth-order valence-electron chi connectivity index (χ4n) is 4.63. The minimum atomic E-state index is -0.586. The number of ether oxygens (including phenoxy) is 2. The summed E-state index contributed by atoms with van der Waals surface area (Å²) in [5.74, 6) is 0.0352. The summed E-state index contributed by atoms with van der Waals surface area (Å²) >= 11 is 0. The van der Waals surface area contributed by atoms with E-state index in [2.05, 4.69) is 4.90 Å². The number of hydrogen-bond acceptors (Lipinski definition) is 7. The molecule has 0 aliphatic carbocycles. The highest BCUT2D eigenvalue weighted by Crippen LogP contribution is 2.28. The lowest BCUT2D eigenvalue weighted by Gasteiger charge is -2.32. The van der Waals surface area contributed by atoms with Crippen molar-refractivity contribution in [3.8, 4) is 5.75 Å². The molecule has 4 rings (SSSR count). The first kappa shape index (κ1) is 26.7. The maximum absolute atomic E-state index is 13.5. The molecule has 1 fully saturated rings. The second-order valence-electron chi connectivity index (χ2n) is 10.6. The second kappa shape index (κ2) is 11.4. The van der Waals surface area contributed by atoms with Gasteiger partial charge in [-0.25, -0.2) is 4.79 Å². The first-order valence-corrected chi connectivity index (χ1v) is 12.6. The molecule has 1 aliphatic heterocycles. The number of aliphatic hydroxyl groups is 1. The van der Waals surface area contributed by atoms with Crippen molar-refractivity contribution in [3.05, 3.63) is 65.9 Å². The Labute approximate surface area is 217 Å². The lowest BCUT2D eigenvalue weighted by molar-refractivity contribution is -0.157. The standard InChI is InChI=1S/C29H36N2O6/c1-29(2,3)37-28(34)19-35-23-9-7-8-20(14-23)25(17-31-13-12-22(32)16-31)30(4)27(33)15-21-18-36-26-11-6-5-10-24(21)26/h5-11,14,18,22,25,32H,12-13,15-17,19H2,1-4H3. The third-order valence-corrected chi connectivity index (χ3v) is 6.46. The third kappa shape index (κ3) is 7.11. The van der Waals surface area contributed by atoms with Gasteiger partial charge in [-0.1, -0.05) is 30.3 Å². The Bertz CT molecular complexity index is 1230. The average Bonchev–Trinajstić information content (AvgIpc) is 3.45. The number of fused-ring (bicyclic) bond motifs is 1. The molecule has 0 radical (unpaired) electrons. The smallest absolute Gasteiger partial charge is 0.344 e. The van der Waals surface area contributed by atoms with Crippen molar-refractivity contribution in [1.29, 1.82) is 0 Å². The van der Waals surface area contributed by atoms with Crippen molar-refractivity contribution in [2.45, 2.75) is 51.4 Å². The Morgan fingerprint density at radius 3 is 2.70 bits per heavy atom. The van der Waals surface area contributed by atoms with Gasteiger partial charge in [0, 0.05) is 37.6 Å². The predicted octanol–water partition coefficient (Wildman–Crippen LogP) is 3.96.